The molecule has 1 aliphatic heterocycles. The van der Waals surface area contributed by atoms with E-state index in [0.717, 1.165) is 10.0 Å². The highest BCUT2D eigenvalue weighted by molar-refractivity contribution is 9.10. The topological polar surface area (TPSA) is 63.4 Å². The van der Waals surface area contributed by atoms with Crippen LogP contribution in [0.2, 0.25) is 0 Å². The molecule has 0 unspecified atom stereocenters. The van der Waals surface area contributed by atoms with Crippen LogP contribution in [0, 0.1) is 12.8 Å². The zero-order chi connectivity index (χ0) is 14.0. The van der Waals surface area contributed by atoms with Crippen molar-refractivity contribution >= 4 is 27.7 Å². The number of benzene rings is 1. The number of amides is 2. The van der Waals surface area contributed by atoms with Gasteiger partial charge in [-0.25, -0.2) is 0 Å². The van der Waals surface area contributed by atoms with Crippen LogP contribution >= 0.6 is 15.9 Å². The number of carbonyl (C=O) groups is 2. The van der Waals surface area contributed by atoms with Gasteiger partial charge in [0, 0.05) is 29.0 Å². The van der Waals surface area contributed by atoms with Crippen molar-refractivity contribution in [2.45, 2.75) is 19.8 Å². The monoisotopic (exact) mass is 324 g/mol. The van der Waals surface area contributed by atoms with Crippen molar-refractivity contribution in [3.05, 3.63) is 33.8 Å². The molecule has 4 nitrogen and oxygen atoms in total. The van der Waals surface area contributed by atoms with Crippen molar-refractivity contribution in [1.82, 2.24) is 4.90 Å². The molecule has 5 heteroatoms. The summed E-state index contributed by atoms with van der Waals surface area (Å²) in [4.78, 5) is 25.4. The average Bonchev–Trinajstić information content (AvgIpc) is 2.41. The van der Waals surface area contributed by atoms with Crippen molar-refractivity contribution in [3.63, 3.8) is 0 Å². The van der Waals surface area contributed by atoms with E-state index >= 15 is 0 Å². The fourth-order valence-corrected chi connectivity index (χ4v) is 2.72. The van der Waals surface area contributed by atoms with Gasteiger partial charge in [-0.3, -0.25) is 9.59 Å². The summed E-state index contributed by atoms with van der Waals surface area (Å²) in [5.74, 6) is -0.319. The van der Waals surface area contributed by atoms with Gasteiger partial charge in [-0.15, -0.1) is 0 Å². The lowest BCUT2D eigenvalue weighted by Crippen LogP contribution is -2.41. The Hall–Kier alpha value is -1.36. The first-order valence-corrected chi connectivity index (χ1v) is 7.13. The molecule has 1 heterocycles. The highest BCUT2D eigenvalue weighted by atomic mass is 79.9. The van der Waals surface area contributed by atoms with Crippen molar-refractivity contribution in [2.24, 2.45) is 11.7 Å². The maximum absolute atomic E-state index is 12.4. The smallest absolute Gasteiger partial charge is 0.254 e. The molecule has 2 rings (SSSR count). The molecule has 0 aliphatic carbocycles. The average molecular weight is 325 g/mol. The molecular weight excluding hydrogens is 308 g/mol. The summed E-state index contributed by atoms with van der Waals surface area (Å²) >= 11 is 3.39. The maximum atomic E-state index is 12.4. The molecule has 1 aromatic carbocycles. The molecule has 1 saturated heterocycles. The minimum absolute atomic E-state index is 0.0294. The van der Waals surface area contributed by atoms with Gasteiger partial charge in [0.05, 0.1) is 0 Å². The van der Waals surface area contributed by atoms with Gasteiger partial charge in [-0.1, -0.05) is 22.0 Å². The molecule has 2 amide bonds. The number of nitrogens with two attached hydrogens (primary N) is 1. The molecule has 1 aliphatic rings. The lowest BCUT2D eigenvalue weighted by atomic mass is 9.95. The number of hydrogen-bond donors (Lipinski definition) is 1. The van der Waals surface area contributed by atoms with Crippen LogP contribution in [0.15, 0.2) is 22.7 Å². The maximum Gasteiger partial charge on any atom is 0.254 e. The fraction of sp³-hybridized carbons (Fsp3) is 0.429. The molecule has 1 fully saturated rings. The van der Waals surface area contributed by atoms with Crippen LogP contribution < -0.4 is 5.73 Å². The zero-order valence-corrected chi connectivity index (χ0v) is 12.4. The van der Waals surface area contributed by atoms with E-state index in [1.54, 1.807) is 4.90 Å². The number of rotatable bonds is 2. The number of carbonyl (C=O) groups excluding carboxylic acids is 2. The standard InChI is InChI=1S/C14H17BrN2O2/c1-9-2-3-11(15)8-12(9)14(19)17-6-4-10(5-7-17)13(16)18/h2-3,8,10H,4-7H2,1H3,(H2,16,18). The predicted molar refractivity (Wildman–Crippen MR) is 76.7 cm³/mol. The van der Waals surface area contributed by atoms with Gasteiger partial charge >= 0.3 is 0 Å². The Labute approximate surface area is 121 Å². The fourth-order valence-electron chi connectivity index (χ4n) is 2.36. The van der Waals surface area contributed by atoms with E-state index in [0.29, 0.717) is 31.5 Å². The van der Waals surface area contributed by atoms with E-state index in [1.165, 1.54) is 0 Å². The second kappa shape index (κ2) is 5.74. The van der Waals surface area contributed by atoms with E-state index in [-0.39, 0.29) is 17.7 Å². The van der Waals surface area contributed by atoms with E-state index in [1.807, 2.05) is 25.1 Å². The number of primary amides is 1. The van der Waals surface area contributed by atoms with Gasteiger partial charge in [0.2, 0.25) is 5.91 Å². The number of hydrogen-bond acceptors (Lipinski definition) is 2. The van der Waals surface area contributed by atoms with E-state index in [9.17, 15) is 9.59 Å². The summed E-state index contributed by atoms with van der Waals surface area (Å²) < 4.78 is 0.897. The SMILES string of the molecule is Cc1ccc(Br)cc1C(=O)N1CCC(C(N)=O)CC1. The minimum Gasteiger partial charge on any atom is -0.369 e. The van der Waals surface area contributed by atoms with Gasteiger partial charge in [0.1, 0.15) is 0 Å². The van der Waals surface area contributed by atoms with Crippen LogP contribution in [-0.2, 0) is 4.79 Å². The summed E-state index contributed by atoms with van der Waals surface area (Å²) in [6.45, 7) is 3.12. The van der Waals surface area contributed by atoms with E-state index in [4.69, 9.17) is 5.73 Å². The Morgan fingerprint density at radius 2 is 1.95 bits per heavy atom. The van der Waals surface area contributed by atoms with Crippen molar-refractivity contribution < 1.29 is 9.59 Å². The molecule has 0 saturated carbocycles. The van der Waals surface area contributed by atoms with E-state index in [2.05, 4.69) is 15.9 Å². The van der Waals surface area contributed by atoms with Crippen LogP contribution in [0.5, 0.6) is 0 Å². The molecule has 0 aromatic heterocycles. The van der Waals surface area contributed by atoms with Gasteiger partial charge in [0.25, 0.3) is 5.91 Å². The van der Waals surface area contributed by atoms with Crippen LogP contribution in [0.1, 0.15) is 28.8 Å². The summed E-state index contributed by atoms with van der Waals surface area (Å²) in [7, 11) is 0. The van der Waals surface area contributed by atoms with Gasteiger partial charge in [-0.2, -0.15) is 0 Å². The molecule has 0 atom stereocenters. The van der Waals surface area contributed by atoms with Gasteiger partial charge in [0.15, 0.2) is 0 Å². The highest BCUT2D eigenvalue weighted by Crippen LogP contribution is 2.22. The van der Waals surface area contributed by atoms with E-state index < -0.39 is 0 Å². The van der Waals surface area contributed by atoms with Crippen molar-refractivity contribution in [1.29, 1.82) is 0 Å². The van der Waals surface area contributed by atoms with Gasteiger partial charge < -0.3 is 10.6 Å². The quantitative estimate of drug-likeness (QED) is 0.905. The molecule has 0 radical (unpaired) electrons. The Kier molecular flexibility index (Phi) is 4.24. The Morgan fingerprint density at radius 1 is 1.32 bits per heavy atom. The third-order valence-electron chi connectivity index (χ3n) is 3.61. The number of likely N-dealkylation sites (tertiary alicyclic amines) is 1. The second-order valence-electron chi connectivity index (χ2n) is 4.93. The van der Waals surface area contributed by atoms with Gasteiger partial charge in [-0.05, 0) is 37.5 Å². The normalized spacial score (nSPS) is 16.4. The second-order valence-corrected chi connectivity index (χ2v) is 5.84. The third kappa shape index (κ3) is 3.15. The van der Waals surface area contributed by atoms with Crippen molar-refractivity contribution in [3.8, 4) is 0 Å². The van der Waals surface area contributed by atoms with Crippen molar-refractivity contribution in [2.75, 3.05) is 13.1 Å². The first-order chi connectivity index (χ1) is 8.99. The largest absolute Gasteiger partial charge is 0.369 e. The zero-order valence-electron chi connectivity index (χ0n) is 10.9. The van der Waals surface area contributed by atoms with Crippen LogP contribution in [-0.4, -0.2) is 29.8 Å². The summed E-state index contributed by atoms with van der Waals surface area (Å²) in [5, 5.41) is 0. The molecule has 1 aromatic rings. The first kappa shape index (κ1) is 14.1. The van der Waals surface area contributed by atoms with Crippen LogP contribution in [0.25, 0.3) is 0 Å². The first-order valence-electron chi connectivity index (χ1n) is 6.34. The number of halogens is 1. The summed E-state index contributed by atoms with van der Waals surface area (Å²) in [5.41, 5.74) is 6.97. The Balaban J connectivity index is 2.09. The lowest BCUT2D eigenvalue weighted by molar-refractivity contribution is -0.123. The molecule has 0 bridgehead atoms. The molecule has 102 valence electrons. The highest BCUT2D eigenvalue weighted by Gasteiger charge is 2.27. The third-order valence-corrected chi connectivity index (χ3v) is 4.11. The molecular formula is C14H17BrN2O2. The Bertz CT molecular complexity index is 508. The Morgan fingerprint density at radius 3 is 2.53 bits per heavy atom. The summed E-state index contributed by atoms with van der Waals surface area (Å²) in [6.07, 6.45) is 1.32. The predicted octanol–water partition coefficient (Wildman–Crippen LogP) is 2.10. The number of piperidine rings is 1. The van der Waals surface area contributed by atoms with Crippen LogP contribution in [0.4, 0.5) is 0 Å². The number of nitrogens with zero attached hydrogens (tertiary/aromatic N) is 1. The molecule has 2 N–H and O–H groups in total. The number of aryl methyl sites for hydroxylation is 1. The molecule has 0 spiro atoms. The molecule has 19 heavy (non-hydrogen) atoms. The lowest BCUT2D eigenvalue weighted by Gasteiger charge is -2.31. The minimum atomic E-state index is -0.259. The summed E-state index contributed by atoms with van der Waals surface area (Å²) in [6, 6.07) is 5.69. The van der Waals surface area contributed by atoms with Crippen LogP contribution in [0.3, 0.4) is 0 Å².